The first-order valence-electron chi connectivity index (χ1n) is 9.87. The largest absolute Gasteiger partial charge is 0.339 e. The van der Waals surface area contributed by atoms with Crippen LogP contribution in [0.4, 0.5) is 17.5 Å². The normalized spacial score (nSPS) is 14.8. The molecule has 4 rings (SSSR count). The van der Waals surface area contributed by atoms with E-state index in [0.717, 1.165) is 50.6 Å². The molecule has 144 valence electrons. The van der Waals surface area contributed by atoms with Crippen molar-refractivity contribution in [2.24, 2.45) is 0 Å². The van der Waals surface area contributed by atoms with Crippen molar-refractivity contribution in [1.82, 2.24) is 20.1 Å². The Morgan fingerprint density at radius 1 is 0.893 bits per heavy atom. The fraction of sp³-hybridized carbons (Fsp3) is 0.318. The summed E-state index contributed by atoms with van der Waals surface area (Å²) in [6.07, 6.45) is 2.71. The predicted molar refractivity (Wildman–Crippen MR) is 113 cm³/mol. The zero-order valence-electron chi connectivity index (χ0n) is 16.3. The minimum absolute atomic E-state index is 0.689. The Balaban J connectivity index is 1.35. The lowest BCUT2D eigenvalue weighted by molar-refractivity contribution is 0.248. The van der Waals surface area contributed by atoms with Gasteiger partial charge in [-0.2, -0.15) is 10.1 Å². The highest BCUT2D eigenvalue weighted by molar-refractivity contribution is 5.56. The van der Waals surface area contributed by atoms with E-state index in [1.54, 1.807) is 6.20 Å². The quantitative estimate of drug-likeness (QED) is 0.713. The molecule has 0 atom stereocenters. The van der Waals surface area contributed by atoms with Crippen molar-refractivity contribution in [2.75, 3.05) is 36.4 Å². The lowest BCUT2D eigenvalue weighted by atomic mass is 10.1. The minimum Gasteiger partial charge on any atom is -0.339 e. The van der Waals surface area contributed by atoms with E-state index in [2.05, 4.69) is 91.8 Å². The van der Waals surface area contributed by atoms with Gasteiger partial charge in [-0.3, -0.25) is 4.90 Å². The summed E-state index contributed by atoms with van der Waals surface area (Å²) in [6, 6.07) is 19.0. The van der Waals surface area contributed by atoms with Crippen LogP contribution in [0.15, 0.2) is 60.8 Å². The van der Waals surface area contributed by atoms with Gasteiger partial charge in [-0.15, -0.1) is 5.10 Å². The minimum atomic E-state index is 0.689. The van der Waals surface area contributed by atoms with E-state index in [0.29, 0.717) is 5.95 Å². The summed E-state index contributed by atoms with van der Waals surface area (Å²) in [5.74, 6) is 1.41. The van der Waals surface area contributed by atoms with Crippen molar-refractivity contribution < 1.29 is 0 Å². The van der Waals surface area contributed by atoms with Crippen LogP contribution in [-0.2, 0) is 13.0 Å². The van der Waals surface area contributed by atoms with Gasteiger partial charge in [0.05, 0.1) is 6.20 Å². The highest BCUT2D eigenvalue weighted by Crippen LogP contribution is 2.18. The van der Waals surface area contributed by atoms with Gasteiger partial charge >= 0.3 is 0 Å². The van der Waals surface area contributed by atoms with Crippen LogP contribution < -0.4 is 10.2 Å². The monoisotopic (exact) mass is 374 g/mol. The summed E-state index contributed by atoms with van der Waals surface area (Å²) in [4.78, 5) is 9.34. The molecule has 2 heterocycles. The van der Waals surface area contributed by atoms with E-state index in [9.17, 15) is 0 Å². The lowest BCUT2D eigenvalue weighted by Crippen LogP contribution is -2.46. The van der Waals surface area contributed by atoms with E-state index in [-0.39, 0.29) is 0 Å². The first-order valence-corrected chi connectivity index (χ1v) is 9.87. The Morgan fingerprint density at radius 2 is 1.64 bits per heavy atom. The Bertz CT molecular complexity index is 873. The fourth-order valence-electron chi connectivity index (χ4n) is 3.41. The highest BCUT2D eigenvalue weighted by atomic mass is 15.4. The maximum atomic E-state index is 4.67. The number of aromatic nitrogens is 3. The third kappa shape index (κ3) is 4.64. The summed E-state index contributed by atoms with van der Waals surface area (Å²) in [6.45, 7) is 6.95. The highest BCUT2D eigenvalue weighted by Gasteiger charge is 2.19. The van der Waals surface area contributed by atoms with Crippen LogP contribution in [0.2, 0.25) is 0 Å². The van der Waals surface area contributed by atoms with E-state index >= 15 is 0 Å². The van der Waals surface area contributed by atoms with Crippen molar-refractivity contribution >= 4 is 17.5 Å². The van der Waals surface area contributed by atoms with Crippen LogP contribution in [0.3, 0.4) is 0 Å². The summed E-state index contributed by atoms with van der Waals surface area (Å²) in [5.41, 5.74) is 3.69. The maximum absolute atomic E-state index is 4.67. The number of anilines is 3. The Labute approximate surface area is 166 Å². The standard InChI is InChI=1S/C22H26N6/c1-2-18-8-10-20(11-9-18)24-21-16-23-26-22(25-21)28-14-12-27(13-15-28)17-19-6-4-3-5-7-19/h3-11,16H,2,12-15,17H2,1H3,(H,24,25,26). The number of piperazine rings is 1. The molecule has 6 nitrogen and oxygen atoms in total. The Kier molecular flexibility index (Phi) is 5.77. The molecule has 0 aliphatic carbocycles. The van der Waals surface area contributed by atoms with Gasteiger partial charge in [-0.05, 0) is 29.7 Å². The lowest BCUT2D eigenvalue weighted by Gasteiger charge is -2.34. The third-order valence-corrected chi connectivity index (χ3v) is 5.09. The average Bonchev–Trinajstić information content (AvgIpc) is 2.76. The molecule has 3 aromatic rings. The van der Waals surface area contributed by atoms with Gasteiger partial charge in [-0.1, -0.05) is 49.4 Å². The van der Waals surface area contributed by atoms with Crippen molar-refractivity contribution in [3.8, 4) is 0 Å². The number of nitrogens with one attached hydrogen (secondary N) is 1. The second-order valence-electron chi connectivity index (χ2n) is 7.07. The van der Waals surface area contributed by atoms with Gasteiger partial charge in [0, 0.05) is 38.4 Å². The first-order chi connectivity index (χ1) is 13.8. The van der Waals surface area contributed by atoms with Crippen LogP contribution in [0.25, 0.3) is 0 Å². The molecule has 1 saturated heterocycles. The van der Waals surface area contributed by atoms with Gasteiger partial charge < -0.3 is 10.2 Å². The molecule has 0 bridgehead atoms. The van der Waals surface area contributed by atoms with Crippen LogP contribution >= 0.6 is 0 Å². The maximum Gasteiger partial charge on any atom is 0.247 e. The molecule has 0 unspecified atom stereocenters. The summed E-state index contributed by atoms with van der Waals surface area (Å²) in [7, 11) is 0. The van der Waals surface area contributed by atoms with Gasteiger partial charge in [0.25, 0.3) is 0 Å². The summed E-state index contributed by atoms with van der Waals surface area (Å²) in [5, 5.41) is 11.7. The number of nitrogens with zero attached hydrogens (tertiary/aromatic N) is 5. The first kappa shape index (κ1) is 18.4. The zero-order chi connectivity index (χ0) is 19.2. The summed E-state index contributed by atoms with van der Waals surface area (Å²) < 4.78 is 0. The SMILES string of the molecule is CCc1ccc(Nc2cnnc(N3CCN(Cc4ccccc4)CC3)n2)cc1. The number of aryl methyl sites for hydroxylation is 1. The van der Waals surface area contributed by atoms with E-state index < -0.39 is 0 Å². The van der Waals surface area contributed by atoms with Crippen molar-refractivity contribution in [3.63, 3.8) is 0 Å². The van der Waals surface area contributed by atoms with Gasteiger partial charge in [0.15, 0.2) is 5.82 Å². The molecule has 1 aliphatic rings. The molecule has 6 heteroatoms. The average molecular weight is 374 g/mol. The number of rotatable bonds is 6. The van der Waals surface area contributed by atoms with Crippen molar-refractivity contribution in [3.05, 3.63) is 71.9 Å². The zero-order valence-corrected chi connectivity index (χ0v) is 16.3. The molecule has 28 heavy (non-hydrogen) atoms. The molecule has 2 aromatic carbocycles. The topological polar surface area (TPSA) is 57.2 Å². The van der Waals surface area contributed by atoms with Gasteiger partial charge in [0.2, 0.25) is 5.95 Å². The van der Waals surface area contributed by atoms with Crippen molar-refractivity contribution in [1.29, 1.82) is 0 Å². The van der Waals surface area contributed by atoms with Crippen LogP contribution in [0.5, 0.6) is 0 Å². The Morgan fingerprint density at radius 3 is 2.36 bits per heavy atom. The number of hydrogen-bond acceptors (Lipinski definition) is 6. The third-order valence-electron chi connectivity index (χ3n) is 5.09. The second-order valence-corrected chi connectivity index (χ2v) is 7.07. The molecule has 1 aliphatic heterocycles. The van der Waals surface area contributed by atoms with Crippen LogP contribution in [0, 0.1) is 0 Å². The Hall–Kier alpha value is -2.99. The van der Waals surface area contributed by atoms with Gasteiger partial charge in [-0.25, -0.2) is 0 Å². The molecule has 1 aromatic heterocycles. The number of hydrogen-bond donors (Lipinski definition) is 1. The smallest absolute Gasteiger partial charge is 0.247 e. The second kappa shape index (κ2) is 8.80. The van der Waals surface area contributed by atoms with Gasteiger partial charge in [0.1, 0.15) is 0 Å². The molecule has 1 fully saturated rings. The van der Waals surface area contributed by atoms with Crippen LogP contribution in [-0.4, -0.2) is 46.3 Å². The fourth-order valence-corrected chi connectivity index (χ4v) is 3.41. The molecule has 0 saturated carbocycles. The van der Waals surface area contributed by atoms with E-state index in [4.69, 9.17) is 0 Å². The van der Waals surface area contributed by atoms with E-state index in [1.165, 1.54) is 11.1 Å². The number of benzene rings is 2. The van der Waals surface area contributed by atoms with E-state index in [1.807, 2.05) is 0 Å². The predicted octanol–water partition coefficient (Wildman–Crippen LogP) is 3.50. The molecule has 0 amide bonds. The molecular weight excluding hydrogens is 348 g/mol. The molecule has 0 radical (unpaired) electrons. The van der Waals surface area contributed by atoms with Crippen LogP contribution in [0.1, 0.15) is 18.1 Å². The van der Waals surface area contributed by atoms with Crippen molar-refractivity contribution in [2.45, 2.75) is 19.9 Å². The molecule has 0 spiro atoms. The molecular formula is C22H26N6. The molecule has 1 N–H and O–H groups in total. The summed E-state index contributed by atoms with van der Waals surface area (Å²) >= 11 is 0.